The molecule has 5 nitrogen and oxygen atoms in total. The van der Waals surface area contributed by atoms with E-state index in [0.29, 0.717) is 19.4 Å². The fourth-order valence-electron chi connectivity index (χ4n) is 1.51. The first-order chi connectivity index (χ1) is 9.22. The predicted octanol–water partition coefficient (Wildman–Crippen LogP) is 3.15. The summed E-state index contributed by atoms with van der Waals surface area (Å²) in [6, 6.07) is 7.74. The molecule has 0 saturated heterocycles. The number of carbonyl (C=O) groups is 1. The van der Waals surface area contributed by atoms with Crippen molar-refractivity contribution in [3.05, 3.63) is 45.8 Å². The Kier molecular flexibility index (Phi) is 6.63. The topological polar surface area (TPSA) is 86.1 Å². The number of nitrogens with zero attached hydrogens (tertiary/aromatic N) is 3. The van der Waals surface area contributed by atoms with E-state index < -0.39 is 5.97 Å². The van der Waals surface area contributed by atoms with Crippen LogP contribution >= 0.6 is 0 Å². The van der Waals surface area contributed by atoms with Crippen molar-refractivity contribution in [2.75, 3.05) is 6.54 Å². The third-order valence-electron chi connectivity index (χ3n) is 2.44. The maximum Gasteiger partial charge on any atom is 0.303 e. The van der Waals surface area contributed by atoms with Crippen LogP contribution in [0.15, 0.2) is 29.4 Å². The van der Waals surface area contributed by atoms with Crippen LogP contribution in [0.2, 0.25) is 0 Å². The molecular formula is C14H15N3O2. The highest BCUT2D eigenvalue weighted by Gasteiger charge is 1.98. The number of aliphatic carboxylic acids is 1. The highest BCUT2D eigenvalue weighted by molar-refractivity contribution is 5.66. The van der Waals surface area contributed by atoms with Crippen LogP contribution in [-0.4, -0.2) is 17.6 Å². The Morgan fingerprint density at radius 2 is 2.11 bits per heavy atom. The molecule has 98 valence electrons. The summed E-state index contributed by atoms with van der Waals surface area (Å²) in [5.41, 5.74) is 10.1. The molecule has 19 heavy (non-hydrogen) atoms. The van der Waals surface area contributed by atoms with Crippen molar-refractivity contribution in [2.24, 2.45) is 5.11 Å². The molecule has 1 N–H and O–H groups in total. The second-order valence-corrected chi connectivity index (χ2v) is 3.95. The molecule has 5 heteroatoms. The molecule has 0 heterocycles. The zero-order valence-electron chi connectivity index (χ0n) is 10.5. The number of carboxylic acid groups (broad SMARTS) is 1. The lowest BCUT2D eigenvalue weighted by Crippen LogP contribution is -1.95. The molecule has 1 rings (SSSR count). The van der Waals surface area contributed by atoms with Crippen LogP contribution in [0.3, 0.4) is 0 Å². The molecule has 0 aromatic heterocycles. The molecule has 0 unspecified atom stereocenters. The number of rotatable bonds is 6. The highest BCUT2D eigenvalue weighted by Crippen LogP contribution is 2.07. The maximum atomic E-state index is 10.4. The summed E-state index contributed by atoms with van der Waals surface area (Å²) in [7, 11) is 0. The summed E-state index contributed by atoms with van der Waals surface area (Å²) in [6.07, 6.45) is 2.15. The van der Waals surface area contributed by atoms with Crippen molar-refractivity contribution in [1.82, 2.24) is 0 Å². The molecule has 0 aliphatic heterocycles. The highest BCUT2D eigenvalue weighted by atomic mass is 16.4. The van der Waals surface area contributed by atoms with Crippen LogP contribution in [0.25, 0.3) is 10.4 Å². The molecule has 0 spiro atoms. The van der Waals surface area contributed by atoms with Crippen LogP contribution < -0.4 is 0 Å². The van der Waals surface area contributed by atoms with Crippen molar-refractivity contribution >= 4 is 5.97 Å². The molecule has 0 amide bonds. The number of hydrogen-bond donors (Lipinski definition) is 1. The van der Waals surface area contributed by atoms with Crippen molar-refractivity contribution < 1.29 is 9.90 Å². The van der Waals surface area contributed by atoms with Gasteiger partial charge in [0.1, 0.15) is 0 Å². The summed E-state index contributed by atoms with van der Waals surface area (Å²) in [6.45, 7) is 0.386. The third-order valence-corrected chi connectivity index (χ3v) is 2.44. The molecule has 1 aromatic carbocycles. The largest absolute Gasteiger partial charge is 0.481 e. The van der Waals surface area contributed by atoms with E-state index in [-0.39, 0.29) is 6.42 Å². The number of benzene rings is 1. The van der Waals surface area contributed by atoms with E-state index in [1.165, 1.54) is 0 Å². The molecule has 0 saturated carbocycles. The van der Waals surface area contributed by atoms with Crippen LogP contribution in [0.5, 0.6) is 0 Å². The van der Waals surface area contributed by atoms with Crippen molar-refractivity contribution in [2.45, 2.75) is 25.7 Å². The van der Waals surface area contributed by atoms with Gasteiger partial charge in [0.2, 0.25) is 0 Å². The van der Waals surface area contributed by atoms with E-state index in [4.69, 9.17) is 10.6 Å². The molecule has 0 aliphatic rings. The Labute approximate surface area is 111 Å². The minimum absolute atomic E-state index is 0.195. The number of aryl methyl sites for hydroxylation is 1. The Balaban J connectivity index is 2.42. The lowest BCUT2D eigenvalue weighted by Gasteiger charge is -1.99. The average Bonchev–Trinajstić information content (AvgIpc) is 2.40. The first-order valence-electron chi connectivity index (χ1n) is 6.03. The minimum atomic E-state index is -0.762. The van der Waals surface area contributed by atoms with Gasteiger partial charge in [0.05, 0.1) is 0 Å². The van der Waals surface area contributed by atoms with Crippen molar-refractivity contribution in [3.8, 4) is 11.8 Å². The summed E-state index contributed by atoms with van der Waals surface area (Å²) in [4.78, 5) is 13.0. The van der Waals surface area contributed by atoms with Gasteiger partial charge in [-0.25, -0.2) is 0 Å². The standard InChI is InChI=1S/C14H15N3O2/c15-17-16-11-2-1-4-12-7-9-13(10-8-12)5-3-6-14(18)19/h7-10H,2-3,5-6,11H2,(H,18,19). The Morgan fingerprint density at radius 1 is 1.37 bits per heavy atom. The van der Waals surface area contributed by atoms with E-state index in [0.717, 1.165) is 17.5 Å². The van der Waals surface area contributed by atoms with E-state index in [1.54, 1.807) is 0 Å². The molecule has 1 aromatic rings. The lowest BCUT2D eigenvalue weighted by molar-refractivity contribution is -0.137. The van der Waals surface area contributed by atoms with E-state index >= 15 is 0 Å². The van der Waals surface area contributed by atoms with Crippen LogP contribution in [0.1, 0.15) is 30.4 Å². The van der Waals surface area contributed by atoms with E-state index in [1.807, 2.05) is 24.3 Å². The summed E-state index contributed by atoms with van der Waals surface area (Å²) < 4.78 is 0. The monoisotopic (exact) mass is 257 g/mol. The zero-order valence-corrected chi connectivity index (χ0v) is 10.5. The fraction of sp³-hybridized carbons (Fsp3) is 0.357. The van der Waals surface area contributed by atoms with Crippen molar-refractivity contribution in [1.29, 1.82) is 0 Å². The van der Waals surface area contributed by atoms with Gasteiger partial charge in [-0.3, -0.25) is 4.79 Å². The van der Waals surface area contributed by atoms with Crippen LogP contribution in [0, 0.1) is 11.8 Å². The Hall–Kier alpha value is -2.44. The van der Waals surface area contributed by atoms with Gasteiger partial charge in [-0.15, -0.1) is 0 Å². The second kappa shape index (κ2) is 8.62. The third kappa shape index (κ3) is 6.77. The van der Waals surface area contributed by atoms with Gasteiger partial charge >= 0.3 is 5.97 Å². The molecule has 0 aliphatic carbocycles. The summed E-state index contributed by atoms with van der Waals surface area (Å²) >= 11 is 0. The number of carboxylic acids is 1. The molecule has 0 bridgehead atoms. The lowest BCUT2D eigenvalue weighted by atomic mass is 10.1. The van der Waals surface area contributed by atoms with E-state index in [9.17, 15) is 4.79 Å². The minimum Gasteiger partial charge on any atom is -0.481 e. The normalized spacial score (nSPS) is 9.05. The molecule has 0 fully saturated rings. The molecular weight excluding hydrogens is 242 g/mol. The van der Waals surface area contributed by atoms with Gasteiger partial charge in [-0.05, 0) is 36.1 Å². The van der Waals surface area contributed by atoms with Gasteiger partial charge in [0.25, 0.3) is 0 Å². The SMILES string of the molecule is [N-]=[N+]=NCCC#Cc1ccc(CCCC(=O)O)cc1. The van der Waals surface area contributed by atoms with Gasteiger partial charge in [0, 0.05) is 29.9 Å². The maximum absolute atomic E-state index is 10.4. The molecule has 0 radical (unpaired) electrons. The zero-order chi connectivity index (χ0) is 13.9. The van der Waals surface area contributed by atoms with Crippen LogP contribution in [0.4, 0.5) is 0 Å². The fourth-order valence-corrected chi connectivity index (χ4v) is 1.51. The second-order valence-electron chi connectivity index (χ2n) is 3.95. The predicted molar refractivity (Wildman–Crippen MR) is 72.5 cm³/mol. The molecule has 0 atom stereocenters. The van der Waals surface area contributed by atoms with E-state index in [2.05, 4.69) is 21.9 Å². The van der Waals surface area contributed by atoms with Gasteiger partial charge < -0.3 is 5.11 Å². The first kappa shape index (κ1) is 14.6. The number of azide groups is 1. The summed E-state index contributed by atoms with van der Waals surface area (Å²) in [5, 5.41) is 11.9. The number of hydrogen-bond acceptors (Lipinski definition) is 2. The Bertz CT molecular complexity index is 520. The smallest absolute Gasteiger partial charge is 0.303 e. The summed E-state index contributed by atoms with van der Waals surface area (Å²) in [5.74, 6) is 5.14. The first-order valence-corrected chi connectivity index (χ1v) is 6.03. The van der Waals surface area contributed by atoms with Gasteiger partial charge in [-0.1, -0.05) is 29.1 Å². The van der Waals surface area contributed by atoms with Crippen molar-refractivity contribution in [3.63, 3.8) is 0 Å². The quantitative estimate of drug-likeness (QED) is 0.279. The Morgan fingerprint density at radius 3 is 2.74 bits per heavy atom. The van der Waals surface area contributed by atoms with Gasteiger partial charge in [0.15, 0.2) is 0 Å². The van der Waals surface area contributed by atoms with Gasteiger partial charge in [-0.2, -0.15) is 0 Å². The average molecular weight is 257 g/mol. The van der Waals surface area contributed by atoms with Crippen LogP contribution in [-0.2, 0) is 11.2 Å².